The van der Waals surface area contributed by atoms with Gasteiger partial charge in [-0.15, -0.1) is 0 Å². The van der Waals surface area contributed by atoms with Gasteiger partial charge in [-0.05, 0) is 48.9 Å². The quantitative estimate of drug-likeness (QED) is 0.815. The van der Waals surface area contributed by atoms with Gasteiger partial charge in [0.25, 0.3) is 0 Å². The van der Waals surface area contributed by atoms with Gasteiger partial charge in [0.2, 0.25) is 0 Å². The van der Waals surface area contributed by atoms with Crippen LogP contribution in [0.25, 0.3) is 0 Å². The Morgan fingerprint density at radius 2 is 1.81 bits per heavy atom. The van der Waals surface area contributed by atoms with Crippen LogP contribution >= 0.6 is 0 Å². The summed E-state index contributed by atoms with van der Waals surface area (Å²) in [5.74, 6) is -1.01. The molecule has 1 aromatic carbocycles. The zero-order valence-corrected chi connectivity index (χ0v) is 14.6. The number of carbonyl (C=O) groups is 1. The second kappa shape index (κ2) is 7.23. The number of pyridine rings is 1. The highest BCUT2D eigenvalue weighted by Gasteiger charge is 2.42. The normalized spacial score (nSPS) is 24.7. The van der Waals surface area contributed by atoms with E-state index in [2.05, 4.69) is 9.88 Å². The van der Waals surface area contributed by atoms with E-state index in [4.69, 9.17) is 4.74 Å². The van der Waals surface area contributed by atoms with Gasteiger partial charge in [0.05, 0.1) is 18.8 Å². The number of halogens is 2. The Bertz CT molecular complexity index is 809. The predicted octanol–water partition coefficient (Wildman–Crippen LogP) is 3.04. The Morgan fingerprint density at radius 1 is 1.15 bits per heavy atom. The molecule has 5 nitrogen and oxygen atoms in total. The first-order valence-electron chi connectivity index (χ1n) is 9.01. The van der Waals surface area contributed by atoms with Gasteiger partial charge in [-0.2, -0.15) is 0 Å². The number of hydrogen-bond acceptors (Lipinski definition) is 5. The van der Waals surface area contributed by atoms with Crippen molar-refractivity contribution in [3.8, 4) is 11.5 Å². The van der Waals surface area contributed by atoms with Crippen molar-refractivity contribution in [3.63, 3.8) is 0 Å². The Labute approximate surface area is 155 Å². The molecule has 0 radical (unpaired) electrons. The predicted molar refractivity (Wildman–Crippen MR) is 93.7 cm³/mol. The Morgan fingerprint density at radius 3 is 2.41 bits per heavy atom. The summed E-state index contributed by atoms with van der Waals surface area (Å²) in [6, 6.07) is 6.67. The number of para-hydroxylation sites is 1. The zero-order valence-electron chi connectivity index (χ0n) is 14.6. The number of benzene rings is 1. The van der Waals surface area contributed by atoms with E-state index in [1.807, 2.05) is 0 Å². The monoisotopic (exact) mass is 374 g/mol. The van der Waals surface area contributed by atoms with Crippen molar-refractivity contribution in [1.82, 2.24) is 9.88 Å². The minimum absolute atomic E-state index is 0.0274. The number of fused-ring (bicyclic) bond motifs is 1. The number of hydrogen-bond donors (Lipinski definition) is 1. The molecule has 1 aliphatic carbocycles. The van der Waals surface area contributed by atoms with Crippen LogP contribution in [-0.2, 0) is 0 Å². The van der Waals surface area contributed by atoms with E-state index in [0.717, 1.165) is 25.9 Å². The maximum absolute atomic E-state index is 13.8. The van der Waals surface area contributed by atoms with Crippen LogP contribution in [0.3, 0.4) is 0 Å². The number of ether oxygens (including phenoxy) is 1. The second-order valence-electron chi connectivity index (χ2n) is 7.30. The van der Waals surface area contributed by atoms with Crippen LogP contribution in [0.5, 0.6) is 11.5 Å². The average Bonchev–Trinajstić information content (AvgIpc) is 3.16. The molecule has 142 valence electrons. The highest BCUT2D eigenvalue weighted by molar-refractivity contribution is 5.95. The number of ketones is 1. The fraction of sp³-hybridized carbons (Fsp3) is 0.400. The van der Waals surface area contributed by atoms with Gasteiger partial charge in [-0.3, -0.25) is 9.69 Å². The van der Waals surface area contributed by atoms with Gasteiger partial charge in [0.1, 0.15) is 11.4 Å². The van der Waals surface area contributed by atoms with Crippen molar-refractivity contribution in [2.45, 2.75) is 18.9 Å². The van der Waals surface area contributed by atoms with Gasteiger partial charge in [-0.25, -0.2) is 13.8 Å². The summed E-state index contributed by atoms with van der Waals surface area (Å²) in [6.07, 6.45) is 2.50. The number of aromatic nitrogens is 1. The summed E-state index contributed by atoms with van der Waals surface area (Å²) < 4.78 is 33.1. The molecule has 1 saturated heterocycles. The first kappa shape index (κ1) is 17.9. The molecule has 27 heavy (non-hydrogen) atoms. The van der Waals surface area contributed by atoms with Crippen LogP contribution < -0.4 is 4.74 Å². The van der Waals surface area contributed by atoms with Gasteiger partial charge >= 0.3 is 0 Å². The van der Waals surface area contributed by atoms with Gasteiger partial charge in [-0.1, -0.05) is 6.07 Å². The fourth-order valence-electron chi connectivity index (χ4n) is 4.16. The highest BCUT2D eigenvalue weighted by Crippen LogP contribution is 2.40. The minimum Gasteiger partial charge on any atom is -0.506 e. The molecule has 0 spiro atoms. The third-order valence-electron chi connectivity index (χ3n) is 5.39. The van der Waals surface area contributed by atoms with E-state index in [0.29, 0.717) is 17.5 Å². The molecule has 2 fully saturated rings. The van der Waals surface area contributed by atoms with Crippen LogP contribution in [0.15, 0.2) is 36.5 Å². The van der Waals surface area contributed by atoms with E-state index in [-0.39, 0.29) is 29.9 Å². The smallest absolute Gasteiger partial charge is 0.195 e. The molecular weight excluding hydrogens is 354 g/mol. The first-order valence-corrected chi connectivity index (χ1v) is 9.01. The lowest BCUT2D eigenvalue weighted by Gasteiger charge is -2.19. The van der Waals surface area contributed by atoms with E-state index >= 15 is 0 Å². The summed E-state index contributed by atoms with van der Waals surface area (Å²) in [5.41, 5.74) is 0.334. The van der Waals surface area contributed by atoms with Crippen LogP contribution in [-0.4, -0.2) is 46.5 Å². The van der Waals surface area contributed by atoms with Gasteiger partial charge in [0, 0.05) is 13.1 Å². The molecule has 1 aliphatic heterocycles. The van der Waals surface area contributed by atoms with Gasteiger partial charge in [0.15, 0.2) is 23.2 Å². The van der Waals surface area contributed by atoms with Crippen LogP contribution in [0.2, 0.25) is 0 Å². The van der Waals surface area contributed by atoms with E-state index in [9.17, 15) is 18.7 Å². The molecule has 0 bridgehead atoms. The zero-order chi connectivity index (χ0) is 19.0. The number of nitrogens with zero attached hydrogens (tertiary/aromatic N) is 2. The molecule has 2 aliphatic rings. The molecule has 1 saturated carbocycles. The minimum atomic E-state index is -0.680. The Kier molecular flexibility index (Phi) is 4.78. The van der Waals surface area contributed by atoms with Crippen molar-refractivity contribution in [1.29, 1.82) is 0 Å². The van der Waals surface area contributed by atoms with Crippen LogP contribution in [0, 0.1) is 23.5 Å². The lowest BCUT2D eigenvalue weighted by molar-refractivity contribution is 0.0931. The number of carbonyl (C=O) groups excluding carboxylic acids is 1. The van der Waals surface area contributed by atoms with Crippen LogP contribution in [0.4, 0.5) is 8.78 Å². The van der Waals surface area contributed by atoms with Crippen molar-refractivity contribution in [2.24, 2.45) is 11.8 Å². The largest absolute Gasteiger partial charge is 0.506 e. The SMILES string of the molecule is O=C(CN1C[C@H]2CC(Oc3c(F)cccc3F)C[C@H]2C1)c1ccc(O)cn1. The van der Waals surface area contributed by atoms with E-state index < -0.39 is 11.6 Å². The van der Waals surface area contributed by atoms with Crippen molar-refractivity contribution in [2.75, 3.05) is 19.6 Å². The molecule has 1 N–H and O–H groups in total. The first-order chi connectivity index (χ1) is 13.0. The lowest BCUT2D eigenvalue weighted by atomic mass is 10.0. The number of rotatable bonds is 5. The highest BCUT2D eigenvalue weighted by atomic mass is 19.1. The molecule has 4 rings (SSSR count). The Balaban J connectivity index is 1.32. The molecule has 1 unspecified atom stereocenters. The molecule has 2 heterocycles. The van der Waals surface area contributed by atoms with E-state index in [1.54, 1.807) is 0 Å². The summed E-state index contributed by atoms with van der Waals surface area (Å²) in [4.78, 5) is 18.4. The molecular formula is C20H20F2N2O3. The Hall–Kier alpha value is -2.54. The summed E-state index contributed by atoms with van der Waals surface area (Å²) in [7, 11) is 0. The molecule has 0 amide bonds. The standard InChI is InChI=1S/C20H20F2N2O3/c21-16-2-1-3-17(22)20(16)27-15-6-12-9-24(10-13(12)7-15)11-19(26)18-5-4-14(25)8-23-18/h1-5,8,12-13,15,25H,6-7,9-11H2/t12-,13+,15?. The molecule has 7 heteroatoms. The number of aromatic hydroxyl groups is 1. The molecule has 2 aromatic rings. The van der Waals surface area contributed by atoms with Crippen molar-refractivity contribution in [3.05, 3.63) is 53.9 Å². The third kappa shape index (κ3) is 3.78. The topological polar surface area (TPSA) is 62.7 Å². The van der Waals surface area contributed by atoms with E-state index in [1.165, 1.54) is 36.5 Å². The maximum Gasteiger partial charge on any atom is 0.195 e. The van der Waals surface area contributed by atoms with Crippen molar-refractivity contribution >= 4 is 5.78 Å². The fourth-order valence-corrected chi connectivity index (χ4v) is 4.16. The summed E-state index contributed by atoms with van der Waals surface area (Å²) in [6.45, 7) is 1.79. The van der Waals surface area contributed by atoms with Crippen molar-refractivity contribution < 1.29 is 23.4 Å². The molecule has 1 aromatic heterocycles. The number of likely N-dealkylation sites (tertiary alicyclic amines) is 1. The summed E-state index contributed by atoms with van der Waals surface area (Å²) >= 11 is 0. The third-order valence-corrected chi connectivity index (χ3v) is 5.39. The number of Topliss-reactive ketones (excluding diaryl/α,β-unsaturated/α-hetero) is 1. The molecule has 3 atom stereocenters. The maximum atomic E-state index is 13.8. The lowest BCUT2D eigenvalue weighted by Crippen LogP contribution is -2.30. The average molecular weight is 374 g/mol. The van der Waals surface area contributed by atoms with Crippen LogP contribution in [0.1, 0.15) is 23.3 Å². The second-order valence-corrected chi connectivity index (χ2v) is 7.30. The van der Waals surface area contributed by atoms with Gasteiger partial charge < -0.3 is 9.84 Å². The summed E-state index contributed by atoms with van der Waals surface area (Å²) in [5, 5.41) is 9.25.